The molecule has 4 heterocycles. The summed E-state index contributed by atoms with van der Waals surface area (Å²) in [6.07, 6.45) is 7.03. The lowest BCUT2D eigenvalue weighted by Crippen LogP contribution is -2.39. The Morgan fingerprint density at radius 2 is 2.00 bits per heavy atom. The highest BCUT2D eigenvalue weighted by Crippen LogP contribution is 2.28. The van der Waals surface area contributed by atoms with Crippen molar-refractivity contribution in [2.24, 2.45) is 0 Å². The second-order valence-electron chi connectivity index (χ2n) is 8.68. The monoisotopic (exact) mass is 472 g/mol. The fourth-order valence-electron chi connectivity index (χ4n) is 4.66. The minimum absolute atomic E-state index is 0.0595. The first-order chi connectivity index (χ1) is 17.0. The Morgan fingerprint density at radius 3 is 2.83 bits per heavy atom. The first-order valence-corrected chi connectivity index (χ1v) is 11.6. The Morgan fingerprint density at radius 1 is 1.14 bits per heavy atom. The normalized spacial score (nSPS) is 15.8. The van der Waals surface area contributed by atoms with Crippen molar-refractivity contribution in [1.82, 2.24) is 29.8 Å². The van der Waals surface area contributed by atoms with Gasteiger partial charge in [0.05, 0.1) is 11.9 Å². The molecule has 5 rings (SSSR count). The molecular formula is C26H25FN6O2. The first kappa shape index (κ1) is 22.6. The van der Waals surface area contributed by atoms with E-state index in [1.165, 1.54) is 18.3 Å². The second-order valence-corrected chi connectivity index (χ2v) is 8.68. The molecule has 2 amide bonds. The Hall–Kier alpha value is -4.14. The van der Waals surface area contributed by atoms with E-state index in [2.05, 4.69) is 20.4 Å². The SMILES string of the molecule is CNC(=O)c1cnn2c(C3CCCN(C(=O)c4ccnc(Cc5cccc(F)c5)c4)C3)ccnc12. The minimum atomic E-state index is -0.293. The number of benzene rings is 1. The number of fused-ring (bicyclic) bond motifs is 1. The van der Waals surface area contributed by atoms with Gasteiger partial charge >= 0.3 is 0 Å². The summed E-state index contributed by atoms with van der Waals surface area (Å²) in [4.78, 5) is 36.1. The Bertz CT molecular complexity index is 1400. The molecule has 1 atom stereocenters. The van der Waals surface area contributed by atoms with Crippen molar-refractivity contribution in [3.63, 3.8) is 0 Å². The highest BCUT2D eigenvalue weighted by molar-refractivity contribution is 5.99. The highest BCUT2D eigenvalue weighted by atomic mass is 19.1. The van der Waals surface area contributed by atoms with Crippen molar-refractivity contribution in [2.45, 2.75) is 25.2 Å². The number of halogens is 1. The van der Waals surface area contributed by atoms with Crippen molar-refractivity contribution in [3.8, 4) is 0 Å². The van der Waals surface area contributed by atoms with Gasteiger partial charge in [-0.2, -0.15) is 5.10 Å². The van der Waals surface area contributed by atoms with E-state index in [0.717, 1.165) is 24.1 Å². The maximum Gasteiger partial charge on any atom is 0.256 e. The first-order valence-electron chi connectivity index (χ1n) is 11.6. The summed E-state index contributed by atoms with van der Waals surface area (Å²) in [6.45, 7) is 1.20. The number of hydrogen-bond donors (Lipinski definition) is 1. The largest absolute Gasteiger partial charge is 0.355 e. The topological polar surface area (TPSA) is 92.5 Å². The van der Waals surface area contributed by atoms with Gasteiger partial charge in [-0.05, 0) is 48.7 Å². The van der Waals surface area contributed by atoms with Crippen LogP contribution in [0.15, 0.2) is 61.1 Å². The van der Waals surface area contributed by atoms with Crippen LogP contribution in [0.4, 0.5) is 4.39 Å². The van der Waals surface area contributed by atoms with E-state index in [1.807, 2.05) is 17.0 Å². The van der Waals surface area contributed by atoms with Gasteiger partial charge in [0, 0.05) is 56.1 Å². The van der Waals surface area contributed by atoms with Crippen LogP contribution in [-0.2, 0) is 6.42 Å². The predicted octanol–water partition coefficient (Wildman–Crippen LogP) is 3.23. The van der Waals surface area contributed by atoms with E-state index in [1.54, 1.807) is 42.2 Å². The summed E-state index contributed by atoms with van der Waals surface area (Å²) >= 11 is 0. The fraction of sp³-hybridized carbons (Fsp3) is 0.269. The fourth-order valence-corrected chi connectivity index (χ4v) is 4.66. The molecule has 0 saturated carbocycles. The molecular weight excluding hydrogens is 447 g/mol. The summed E-state index contributed by atoms with van der Waals surface area (Å²) in [5.41, 5.74) is 3.92. The molecule has 1 aromatic carbocycles. The number of pyridine rings is 1. The van der Waals surface area contributed by atoms with Gasteiger partial charge in [-0.1, -0.05) is 12.1 Å². The molecule has 4 aromatic rings. The lowest BCUT2D eigenvalue weighted by atomic mass is 9.94. The number of carbonyl (C=O) groups is 2. The lowest BCUT2D eigenvalue weighted by molar-refractivity contribution is 0.0704. The van der Waals surface area contributed by atoms with Gasteiger partial charge in [0.1, 0.15) is 11.4 Å². The molecule has 178 valence electrons. The average molecular weight is 473 g/mol. The van der Waals surface area contributed by atoms with E-state index in [4.69, 9.17) is 0 Å². The third-order valence-corrected chi connectivity index (χ3v) is 6.37. The Labute approximate surface area is 201 Å². The Balaban J connectivity index is 1.36. The van der Waals surface area contributed by atoms with Crippen molar-refractivity contribution in [3.05, 3.63) is 95.0 Å². The second kappa shape index (κ2) is 9.61. The molecule has 1 unspecified atom stereocenters. The van der Waals surface area contributed by atoms with Crippen molar-refractivity contribution >= 4 is 17.5 Å². The summed E-state index contributed by atoms with van der Waals surface area (Å²) in [7, 11) is 1.57. The molecule has 1 N–H and O–H groups in total. The molecule has 0 radical (unpaired) electrons. The van der Waals surface area contributed by atoms with Crippen LogP contribution in [0, 0.1) is 5.82 Å². The van der Waals surface area contributed by atoms with Gasteiger partial charge in [-0.3, -0.25) is 14.6 Å². The van der Waals surface area contributed by atoms with Gasteiger partial charge in [-0.15, -0.1) is 0 Å². The molecule has 0 spiro atoms. The number of hydrogen-bond acceptors (Lipinski definition) is 5. The molecule has 1 aliphatic heterocycles. The number of likely N-dealkylation sites (tertiary alicyclic amines) is 1. The van der Waals surface area contributed by atoms with Gasteiger partial charge in [-0.25, -0.2) is 13.9 Å². The quantitative estimate of drug-likeness (QED) is 0.482. The van der Waals surface area contributed by atoms with Crippen LogP contribution in [0.1, 0.15) is 56.4 Å². The van der Waals surface area contributed by atoms with Crippen LogP contribution in [0.3, 0.4) is 0 Å². The average Bonchev–Trinajstić information content (AvgIpc) is 3.32. The lowest BCUT2D eigenvalue weighted by Gasteiger charge is -2.33. The number of carbonyl (C=O) groups excluding carboxylic acids is 2. The minimum Gasteiger partial charge on any atom is -0.355 e. The van der Waals surface area contributed by atoms with Gasteiger partial charge < -0.3 is 10.2 Å². The molecule has 1 fully saturated rings. The zero-order chi connectivity index (χ0) is 24.4. The van der Waals surface area contributed by atoms with E-state index in [9.17, 15) is 14.0 Å². The van der Waals surface area contributed by atoms with Crippen LogP contribution in [0.25, 0.3) is 5.65 Å². The molecule has 35 heavy (non-hydrogen) atoms. The van der Waals surface area contributed by atoms with Crippen LogP contribution in [-0.4, -0.2) is 56.4 Å². The van der Waals surface area contributed by atoms with E-state index < -0.39 is 0 Å². The highest BCUT2D eigenvalue weighted by Gasteiger charge is 2.28. The number of amides is 2. The summed E-state index contributed by atoms with van der Waals surface area (Å²) < 4.78 is 15.2. The Kier molecular flexibility index (Phi) is 6.22. The molecule has 9 heteroatoms. The molecule has 3 aromatic heterocycles. The standard InChI is InChI=1S/C26H25FN6O2/c1-28-25(34)22-15-31-33-23(8-10-30-24(22)33)19-5-3-11-32(16-19)26(35)18-7-9-29-21(14-18)13-17-4-2-6-20(27)12-17/h2,4,6-10,12,14-15,19H,3,5,11,13,16H2,1H3,(H,28,34). The molecule has 1 aliphatic rings. The van der Waals surface area contributed by atoms with Crippen molar-refractivity contribution < 1.29 is 14.0 Å². The van der Waals surface area contributed by atoms with Gasteiger partial charge in [0.2, 0.25) is 0 Å². The zero-order valence-corrected chi connectivity index (χ0v) is 19.3. The number of aromatic nitrogens is 4. The van der Waals surface area contributed by atoms with Gasteiger partial charge in [0.15, 0.2) is 5.65 Å². The molecule has 0 aliphatic carbocycles. The smallest absolute Gasteiger partial charge is 0.256 e. The van der Waals surface area contributed by atoms with E-state index in [-0.39, 0.29) is 23.5 Å². The van der Waals surface area contributed by atoms with Crippen LogP contribution in [0.5, 0.6) is 0 Å². The molecule has 8 nitrogen and oxygen atoms in total. The van der Waals surface area contributed by atoms with E-state index in [0.29, 0.717) is 42.0 Å². The maximum absolute atomic E-state index is 13.5. The van der Waals surface area contributed by atoms with Crippen LogP contribution in [0.2, 0.25) is 0 Å². The van der Waals surface area contributed by atoms with E-state index >= 15 is 0 Å². The van der Waals surface area contributed by atoms with Crippen molar-refractivity contribution in [1.29, 1.82) is 0 Å². The predicted molar refractivity (Wildman–Crippen MR) is 128 cm³/mol. The molecule has 0 bridgehead atoms. The number of nitrogens with zero attached hydrogens (tertiary/aromatic N) is 5. The number of piperidine rings is 1. The number of rotatable bonds is 5. The van der Waals surface area contributed by atoms with Gasteiger partial charge in [0.25, 0.3) is 11.8 Å². The van der Waals surface area contributed by atoms with Crippen molar-refractivity contribution in [2.75, 3.05) is 20.1 Å². The maximum atomic E-state index is 13.5. The summed E-state index contributed by atoms with van der Waals surface area (Å²) in [6, 6.07) is 11.8. The summed E-state index contributed by atoms with van der Waals surface area (Å²) in [5, 5.41) is 7.02. The summed E-state index contributed by atoms with van der Waals surface area (Å²) in [5.74, 6) is -0.533. The van der Waals surface area contributed by atoms with Crippen LogP contribution >= 0.6 is 0 Å². The molecule has 1 saturated heterocycles. The third kappa shape index (κ3) is 4.62. The van der Waals surface area contributed by atoms with Crippen LogP contribution < -0.4 is 5.32 Å². The third-order valence-electron chi connectivity index (χ3n) is 6.37. The zero-order valence-electron chi connectivity index (χ0n) is 19.3. The number of nitrogens with one attached hydrogen (secondary N) is 1.